The van der Waals surface area contributed by atoms with Gasteiger partial charge in [-0.25, -0.2) is 0 Å². The summed E-state index contributed by atoms with van der Waals surface area (Å²) in [5, 5.41) is 18.3. The zero-order valence-electron chi connectivity index (χ0n) is 14.7. The topological polar surface area (TPSA) is 69.6 Å². The minimum absolute atomic E-state index is 0.0593. The zero-order valence-corrected chi connectivity index (χ0v) is 16.3. The van der Waals surface area contributed by atoms with Crippen molar-refractivity contribution in [1.29, 1.82) is 0 Å². The van der Waals surface area contributed by atoms with Gasteiger partial charge >= 0.3 is 0 Å². The first-order chi connectivity index (χ1) is 13.1. The lowest BCUT2D eigenvalue weighted by molar-refractivity contribution is 0.508. The first-order valence-corrected chi connectivity index (χ1v) is 9.58. The monoisotopic (exact) mass is 397 g/mol. The van der Waals surface area contributed by atoms with Gasteiger partial charge < -0.3 is 8.98 Å². The molecule has 0 saturated carbocycles. The highest BCUT2D eigenvalue weighted by atomic mass is 35.5. The molecule has 0 fully saturated rings. The summed E-state index contributed by atoms with van der Waals surface area (Å²) in [4.78, 5) is 0. The Morgan fingerprint density at radius 2 is 1.67 bits per heavy atom. The maximum atomic E-state index is 5.96. The Morgan fingerprint density at radius 1 is 0.926 bits per heavy atom. The highest BCUT2D eigenvalue weighted by Gasteiger charge is 2.20. The molecule has 136 valence electrons. The van der Waals surface area contributed by atoms with Gasteiger partial charge in [0.2, 0.25) is 11.8 Å². The molecule has 0 aliphatic heterocycles. The fourth-order valence-electron chi connectivity index (χ4n) is 2.57. The van der Waals surface area contributed by atoms with Crippen LogP contribution in [-0.2, 0) is 7.05 Å². The van der Waals surface area contributed by atoms with Gasteiger partial charge in [-0.3, -0.25) is 0 Å². The van der Waals surface area contributed by atoms with Crippen LogP contribution < -0.4 is 0 Å². The Morgan fingerprint density at radius 3 is 2.41 bits per heavy atom. The summed E-state index contributed by atoms with van der Waals surface area (Å²) < 4.78 is 7.78. The van der Waals surface area contributed by atoms with Crippen LogP contribution in [0.3, 0.4) is 0 Å². The van der Waals surface area contributed by atoms with E-state index in [2.05, 4.69) is 20.4 Å². The predicted octanol–water partition coefficient (Wildman–Crippen LogP) is 5.04. The summed E-state index contributed by atoms with van der Waals surface area (Å²) in [6, 6.07) is 17.2. The molecule has 6 nitrogen and oxygen atoms in total. The van der Waals surface area contributed by atoms with E-state index in [1.165, 1.54) is 11.8 Å². The van der Waals surface area contributed by atoms with Crippen LogP contribution in [0.5, 0.6) is 0 Å². The molecule has 1 atom stereocenters. The second-order valence-electron chi connectivity index (χ2n) is 5.94. The molecular weight excluding hydrogens is 382 g/mol. The number of benzene rings is 2. The van der Waals surface area contributed by atoms with Crippen molar-refractivity contribution in [3.05, 3.63) is 65.5 Å². The van der Waals surface area contributed by atoms with E-state index < -0.39 is 0 Å². The fourth-order valence-corrected chi connectivity index (χ4v) is 3.54. The molecule has 4 aromatic rings. The highest BCUT2D eigenvalue weighted by Crippen LogP contribution is 2.35. The number of halogens is 1. The maximum Gasteiger partial charge on any atom is 0.247 e. The quantitative estimate of drug-likeness (QED) is 0.439. The Hall–Kier alpha value is -2.64. The maximum absolute atomic E-state index is 5.96. The van der Waals surface area contributed by atoms with Crippen LogP contribution in [0.25, 0.3) is 22.8 Å². The second kappa shape index (κ2) is 7.54. The molecule has 0 amide bonds. The van der Waals surface area contributed by atoms with Crippen molar-refractivity contribution in [3.63, 3.8) is 0 Å². The highest BCUT2D eigenvalue weighted by molar-refractivity contribution is 7.99. The van der Waals surface area contributed by atoms with E-state index in [0.29, 0.717) is 16.8 Å². The van der Waals surface area contributed by atoms with Gasteiger partial charge in [0.1, 0.15) is 0 Å². The molecule has 2 aromatic carbocycles. The third-order valence-electron chi connectivity index (χ3n) is 4.03. The molecule has 2 heterocycles. The number of hydrogen-bond donors (Lipinski definition) is 0. The van der Waals surface area contributed by atoms with Crippen LogP contribution in [0, 0.1) is 0 Å². The van der Waals surface area contributed by atoms with Crippen molar-refractivity contribution in [2.45, 2.75) is 17.3 Å². The van der Waals surface area contributed by atoms with Crippen molar-refractivity contribution < 1.29 is 4.42 Å². The SMILES string of the molecule is C[C@@H](Sc1nnc(-c2ccc(Cl)cc2)n1C)c1nnc(-c2ccccc2)o1. The molecular formula is C19H16ClN5OS. The van der Waals surface area contributed by atoms with Gasteiger partial charge in [0.15, 0.2) is 11.0 Å². The molecule has 4 rings (SSSR count). The van der Waals surface area contributed by atoms with Gasteiger partial charge in [0.25, 0.3) is 0 Å². The summed E-state index contributed by atoms with van der Waals surface area (Å²) in [5.41, 5.74) is 1.86. The molecule has 8 heteroatoms. The largest absolute Gasteiger partial charge is 0.419 e. The first kappa shape index (κ1) is 17.8. The average Bonchev–Trinajstić information content (AvgIpc) is 3.31. The number of thioether (sulfide) groups is 1. The van der Waals surface area contributed by atoms with Crippen LogP contribution in [0.4, 0.5) is 0 Å². The fraction of sp³-hybridized carbons (Fsp3) is 0.158. The van der Waals surface area contributed by atoms with Crippen LogP contribution in [0.1, 0.15) is 18.1 Å². The number of nitrogens with zero attached hydrogens (tertiary/aromatic N) is 5. The molecule has 2 aromatic heterocycles. The van der Waals surface area contributed by atoms with Gasteiger partial charge in [-0.05, 0) is 43.3 Å². The summed E-state index contributed by atoms with van der Waals surface area (Å²) in [7, 11) is 1.93. The van der Waals surface area contributed by atoms with Crippen molar-refractivity contribution in [1.82, 2.24) is 25.0 Å². The van der Waals surface area contributed by atoms with Crippen molar-refractivity contribution >= 4 is 23.4 Å². The Labute approximate surface area is 165 Å². The van der Waals surface area contributed by atoms with Crippen molar-refractivity contribution in [2.24, 2.45) is 7.05 Å². The van der Waals surface area contributed by atoms with Crippen molar-refractivity contribution in [2.75, 3.05) is 0 Å². The van der Waals surface area contributed by atoms with E-state index in [-0.39, 0.29) is 5.25 Å². The molecule has 0 bridgehead atoms. The van der Waals surface area contributed by atoms with Crippen LogP contribution in [0.2, 0.25) is 5.02 Å². The van der Waals surface area contributed by atoms with E-state index in [9.17, 15) is 0 Å². The third-order valence-corrected chi connectivity index (χ3v) is 5.40. The molecule has 0 aliphatic carbocycles. The molecule has 0 aliphatic rings. The number of rotatable bonds is 5. The van der Waals surface area contributed by atoms with Crippen LogP contribution in [-0.4, -0.2) is 25.0 Å². The van der Waals surface area contributed by atoms with Gasteiger partial charge in [-0.2, -0.15) is 0 Å². The summed E-state index contributed by atoms with van der Waals surface area (Å²) in [6.45, 7) is 2.00. The summed E-state index contributed by atoms with van der Waals surface area (Å²) in [6.07, 6.45) is 0. The molecule has 0 spiro atoms. The first-order valence-electron chi connectivity index (χ1n) is 8.32. The Bertz CT molecular complexity index is 1050. The predicted molar refractivity (Wildman–Crippen MR) is 105 cm³/mol. The normalized spacial score (nSPS) is 12.3. The Balaban J connectivity index is 1.53. The lowest BCUT2D eigenvalue weighted by Crippen LogP contribution is -1.97. The average molecular weight is 398 g/mol. The minimum atomic E-state index is -0.0593. The zero-order chi connectivity index (χ0) is 18.8. The van der Waals surface area contributed by atoms with Crippen LogP contribution in [0.15, 0.2) is 64.2 Å². The van der Waals surface area contributed by atoms with Gasteiger partial charge in [-0.15, -0.1) is 20.4 Å². The Kier molecular flexibility index (Phi) is 4.96. The second-order valence-corrected chi connectivity index (χ2v) is 7.69. The van der Waals surface area contributed by atoms with Crippen molar-refractivity contribution in [3.8, 4) is 22.8 Å². The minimum Gasteiger partial charge on any atom is -0.419 e. The lowest BCUT2D eigenvalue weighted by atomic mass is 10.2. The molecule has 0 radical (unpaired) electrons. The third kappa shape index (κ3) is 3.74. The smallest absolute Gasteiger partial charge is 0.247 e. The van der Waals surface area contributed by atoms with E-state index in [4.69, 9.17) is 16.0 Å². The standard InChI is InChI=1S/C19H16ClN5OS/c1-12(17-22-23-18(26-17)14-6-4-3-5-7-14)27-19-24-21-16(25(19)2)13-8-10-15(20)11-9-13/h3-12H,1-2H3/t12-/m1/s1. The van der Waals surface area contributed by atoms with Crippen LogP contribution >= 0.6 is 23.4 Å². The summed E-state index contributed by atoms with van der Waals surface area (Å²) >= 11 is 7.47. The number of hydrogen-bond acceptors (Lipinski definition) is 6. The molecule has 0 N–H and O–H groups in total. The lowest BCUT2D eigenvalue weighted by Gasteiger charge is -2.07. The molecule has 0 unspecified atom stereocenters. The van der Waals surface area contributed by atoms with Gasteiger partial charge in [-0.1, -0.05) is 41.6 Å². The van der Waals surface area contributed by atoms with E-state index >= 15 is 0 Å². The van der Waals surface area contributed by atoms with E-state index in [1.807, 2.05) is 73.1 Å². The van der Waals surface area contributed by atoms with Gasteiger partial charge in [0, 0.05) is 23.2 Å². The number of aromatic nitrogens is 5. The van der Waals surface area contributed by atoms with E-state index in [0.717, 1.165) is 22.1 Å². The molecule has 27 heavy (non-hydrogen) atoms. The summed E-state index contributed by atoms with van der Waals surface area (Å²) in [5.74, 6) is 1.84. The van der Waals surface area contributed by atoms with E-state index in [1.54, 1.807) is 0 Å². The van der Waals surface area contributed by atoms with Gasteiger partial charge in [0.05, 0.1) is 5.25 Å². The molecule has 0 saturated heterocycles.